The fourth-order valence-electron chi connectivity index (χ4n) is 2.60. The molecule has 100 valence electrons. The minimum Gasteiger partial charge on any atom is -0.378 e. The van der Waals surface area contributed by atoms with Gasteiger partial charge in [-0.25, -0.2) is 0 Å². The molecule has 2 unspecified atom stereocenters. The smallest absolute Gasteiger partial charge is 0.0593 e. The van der Waals surface area contributed by atoms with E-state index in [1.54, 1.807) is 0 Å². The van der Waals surface area contributed by atoms with E-state index < -0.39 is 0 Å². The minimum absolute atomic E-state index is 0.438. The summed E-state index contributed by atoms with van der Waals surface area (Å²) in [5, 5.41) is 3.65. The second-order valence-electron chi connectivity index (χ2n) is 5.14. The molecule has 2 nitrogen and oxygen atoms in total. The Bertz CT molecular complexity index is 319. The van der Waals surface area contributed by atoms with Crippen LogP contribution in [0.25, 0.3) is 0 Å². The molecular weight excluding hydrogens is 222 g/mol. The third kappa shape index (κ3) is 4.11. The van der Waals surface area contributed by atoms with E-state index in [1.165, 1.54) is 31.2 Å². The molecule has 2 atom stereocenters. The van der Waals surface area contributed by atoms with Gasteiger partial charge in [0.1, 0.15) is 0 Å². The van der Waals surface area contributed by atoms with Crippen molar-refractivity contribution < 1.29 is 4.74 Å². The van der Waals surface area contributed by atoms with Crippen molar-refractivity contribution in [2.75, 3.05) is 13.2 Å². The lowest BCUT2D eigenvalue weighted by molar-refractivity contribution is 0.00505. The monoisotopic (exact) mass is 247 g/mol. The molecule has 2 heteroatoms. The Labute approximate surface area is 111 Å². The molecule has 0 aromatic heterocycles. The molecule has 18 heavy (non-hydrogen) atoms. The Morgan fingerprint density at radius 2 is 2.11 bits per heavy atom. The van der Waals surface area contributed by atoms with Gasteiger partial charge in [-0.15, -0.1) is 0 Å². The number of ether oxygens (including phenoxy) is 1. The first-order valence-electron chi connectivity index (χ1n) is 7.30. The lowest BCUT2D eigenvalue weighted by Crippen LogP contribution is -2.29. The molecule has 1 aromatic rings. The molecule has 1 aliphatic heterocycles. The van der Waals surface area contributed by atoms with E-state index in [4.69, 9.17) is 4.74 Å². The van der Waals surface area contributed by atoms with Crippen molar-refractivity contribution in [2.45, 2.75) is 51.2 Å². The Balaban J connectivity index is 1.95. The Morgan fingerprint density at radius 1 is 1.28 bits per heavy atom. The van der Waals surface area contributed by atoms with Crippen LogP contribution in [0.5, 0.6) is 0 Å². The quantitative estimate of drug-likeness (QED) is 0.828. The largest absolute Gasteiger partial charge is 0.378 e. The SMILES string of the molecule is CCCNC(CC1CCCCO1)c1ccccc1. The van der Waals surface area contributed by atoms with Crippen molar-refractivity contribution >= 4 is 0 Å². The van der Waals surface area contributed by atoms with E-state index in [2.05, 4.69) is 42.6 Å². The third-order valence-corrected chi connectivity index (χ3v) is 3.62. The average Bonchev–Trinajstić information content (AvgIpc) is 2.45. The van der Waals surface area contributed by atoms with Crippen molar-refractivity contribution in [1.82, 2.24) is 5.32 Å². The van der Waals surface area contributed by atoms with Gasteiger partial charge in [0.15, 0.2) is 0 Å². The molecule has 0 saturated carbocycles. The molecule has 2 rings (SSSR count). The standard InChI is InChI=1S/C16H25NO/c1-2-11-17-16(14-8-4-3-5-9-14)13-15-10-6-7-12-18-15/h3-5,8-9,15-17H,2,6-7,10-13H2,1H3. The van der Waals surface area contributed by atoms with E-state index in [0.717, 1.165) is 19.6 Å². The fraction of sp³-hybridized carbons (Fsp3) is 0.625. The topological polar surface area (TPSA) is 21.3 Å². The van der Waals surface area contributed by atoms with Gasteiger partial charge < -0.3 is 10.1 Å². The van der Waals surface area contributed by atoms with Crippen LogP contribution in [0.15, 0.2) is 30.3 Å². The first kappa shape index (κ1) is 13.6. The summed E-state index contributed by atoms with van der Waals surface area (Å²) in [7, 11) is 0. The van der Waals surface area contributed by atoms with Gasteiger partial charge in [0.05, 0.1) is 6.10 Å². The van der Waals surface area contributed by atoms with Crippen LogP contribution < -0.4 is 5.32 Å². The summed E-state index contributed by atoms with van der Waals surface area (Å²) in [6.07, 6.45) is 6.48. The second-order valence-corrected chi connectivity index (χ2v) is 5.14. The van der Waals surface area contributed by atoms with Crippen LogP contribution >= 0.6 is 0 Å². The maximum atomic E-state index is 5.87. The van der Waals surface area contributed by atoms with E-state index in [-0.39, 0.29) is 0 Å². The number of rotatable bonds is 6. The molecule has 0 spiro atoms. The fourth-order valence-corrected chi connectivity index (χ4v) is 2.60. The van der Waals surface area contributed by atoms with Gasteiger partial charge in [-0.3, -0.25) is 0 Å². The molecular formula is C16H25NO. The zero-order valence-electron chi connectivity index (χ0n) is 11.4. The van der Waals surface area contributed by atoms with Crippen LogP contribution in [0.1, 0.15) is 50.6 Å². The van der Waals surface area contributed by atoms with Gasteiger partial charge in [0.2, 0.25) is 0 Å². The predicted octanol–water partition coefficient (Wildman–Crippen LogP) is 3.69. The Kier molecular flexibility index (Phi) is 5.69. The average molecular weight is 247 g/mol. The third-order valence-electron chi connectivity index (χ3n) is 3.62. The number of nitrogens with one attached hydrogen (secondary N) is 1. The summed E-state index contributed by atoms with van der Waals surface area (Å²) in [5.41, 5.74) is 1.39. The molecule has 1 heterocycles. The van der Waals surface area contributed by atoms with Crippen LogP contribution in [0.3, 0.4) is 0 Å². The van der Waals surface area contributed by atoms with Crippen LogP contribution in [0.2, 0.25) is 0 Å². The Morgan fingerprint density at radius 3 is 2.78 bits per heavy atom. The molecule has 1 fully saturated rings. The lowest BCUT2D eigenvalue weighted by Gasteiger charge is -2.28. The van der Waals surface area contributed by atoms with Gasteiger partial charge in [0, 0.05) is 12.6 Å². The summed E-state index contributed by atoms with van der Waals surface area (Å²) >= 11 is 0. The van der Waals surface area contributed by atoms with Crippen molar-refractivity contribution in [3.05, 3.63) is 35.9 Å². The summed E-state index contributed by atoms with van der Waals surface area (Å²) in [6.45, 7) is 4.23. The van der Waals surface area contributed by atoms with Gasteiger partial charge in [-0.1, -0.05) is 37.3 Å². The van der Waals surface area contributed by atoms with E-state index in [0.29, 0.717) is 12.1 Å². The predicted molar refractivity (Wildman–Crippen MR) is 75.7 cm³/mol. The van der Waals surface area contributed by atoms with Gasteiger partial charge in [-0.05, 0) is 44.2 Å². The summed E-state index contributed by atoms with van der Waals surface area (Å²) in [4.78, 5) is 0. The summed E-state index contributed by atoms with van der Waals surface area (Å²) in [6, 6.07) is 11.2. The molecule has 1 aromatic carbocycles. The van der Waals surface area contributed by atoms with Crippen molar-refractivity contribution in [3.63, 3.8) is 0 Å². The first-order valence-corrected chi connectivity index (χ1v) is 7.30. The molecule has 0 aliphatic carbocycles. The van der Waals surface area contributed by atoms with Gasteiger partial charge in [0.25, 0.3) is 0 Å². The van der Waals surface area contributed by atoms with Crippen LogP contribution in [-0.2, 0) is 4.74 Å². The highest BCUT2D eigenvalue weighted by Gasteiger charge is 2.20. The number of hydrogen-bond donors (Lipinski definition) is 1. The molecule has 1 saturated heterocycles. The molecule has 1 N–H and O–H groups in total. The molecule has 0 radical (unpaired) electrons. The van der Waals surface area contributed by atoms with Crippen molar-refractivity contribution in [3.8, 4) is 0 Å². The summed E-state index contributed by atoms with van der Waals surface area (Å²) in [5.74, 6) is 0. The van der Waals surface area contributed by atoms with Crippen molar-refractivity contribution in [1.29, 1.82) is 0 Å². The number of benzene rings is 1. The van der Waals surface area contributed by atoms with E-state index in [9.17, 15) is 0 Å². The second kappa shape index (κ2) is 7.55. The van der Waals surface area contributed by atoms with Crippen LogP contribution in [0.4, 0.5) is 0 Å². The van der Waals surface area contributed by atoms with Gasteiger partial charge >= 0.3 is 0 Å². The highest BCUT2D eigenvalue weighted by molar-refractivity contribution is 5.19. The molecule has 0 amide bonds. The Hall–Kier alpha value is -0.860. The van der Waals surface area contributed by atoms with E-state index >= 15 is 0 Å². The minimum atomic E-state index is 0.438. The highest BCUT2D eigenvalue weighted by atomic mass is 16.5. The zero-order valence-corrected chi connectivity index (χ0v) is 11.4. The zero-order chi connectivity index (χ0) is 12.6. The van der Waals surface area contributed by atoms with Crippen molar-refractivity contribution in [2.24, 2.45) is 0 Å². The lowest BCUT2D eigenvalue weighted by atomic mass is 9.96. The maximum Gasteiger partial charge on any atom is 0.0593 e. The van der Waals surface area contributed by atoms with Crippen LogP contribution in [-0.4, -0.2) is 19.3 Å². The molecule has 0 bridgehead atoms. The van der Waals surface area contributed by atoms with Gasteiger partial charge in [-0.2, -0.15) is 0 Å². The van der Waals surface area contributed by atoms with Crippen LogP contribution in [0, 0.1) is 0 Å². The highest BCUT2D eigenvalue weighted by Crippen LogP contribution is 2.24. The summed E-state index contributed by atoms with van der Waals surface area (Å²) < 4.78 is 5.87. The maximum absolute atomic E-state index is 5.87. The molecule has 1 aliphatic rings. The normalized spacial score (nSPS) is 21.7. The van der Waals surface area contributed by atoms with E-state index in [1.807, 2.05) is 0 Å². The first-order chi connectivity index (χ1) is 8.90. The number of hydrogen-bond acceptors (Lipinski definition) is 2.